The number of nitrogens with zero attached hydrogens (tertiary/aromatic N) is 2. The summed E-state index contributed by atoms with van der Waals surface area (Å²) in [4.78, 5) is 0. The number of halogens is 1. The topological polar surface area (TPSA) is 38.0 Å². The summed E-state index contributed by atoms with van der Waals surface area (Å²) < 4.78 is 2.80. The van der Waals surface area contributed by atoms with Gasteiger partial charge in [0.15, 0.2) is 0 Å². The van der Waals surface area contributed by atoms with Crippen molar-refractivity contribution in [3.8, 4) is 0 Å². The van der Waals surface area contributed by atoms with Crippen LogP contribution in [0.3, 0.4) is 0 Å². The maximum absolute atomic E-state index is 11.0. The maximum Gasteiger partial charge on any atom is 0.106 e. The smallest absolute Gasteiger partial charge is 0.106 e. The molecule has 0 amide bonds. The van der Waals surface area contributed by atoms with E-state index in [1.54, 1.807) is 6.20 Å². The van der Waals surface area contributed by atoms with E-state index in [4.69, 9.17) is 0 Å². The molecule has 4 heteroatoms. The van der Waals surface area contributed by atoms with Crippen molar-refractivity contribution in [1.29, 1.82) is 0 Å². The standard InChI is InChI=1S/C16H19BrN2O/c1-11(2)19-14(13(17)10-18-19)15(20)16(8-9-16)12-6-4-3-5-7-12/h3-7,10-11,15,20H,8-9H2,1-2H3. The van der Waals surface area contributed by atoms with Gasteiger partial charge in [-0.15, -0.1) is 0 Å². The van der Waals surface area contributed by atoms with Gasteiger partial charge in [0.05, 0.1) is 16.4 Å². The Balaban J connectivity index is 2.02. The molecule has 1 aromatic carbocycles. The summed E-state index contributed by atoms with van der Waals surface area (Å²) in [7, 11) is 0. The Kier molecular flexibility index (Phi) is 3.46. The highest BCUT2D eigenvalue weighted by Gasteiger charge is 2.52. The van der Waals surface area contributed by atoms with Crippen LogP contribution in [0.4, 0.5) is 0 Å². The lowest BCUT2D eigenvalue weighted by molar-refractivity contribution is 0.120. The molecule has 1 atom stereocenters. The van der Waals surface area contributed by atoms with Crippen LogP contribution in [-0.4, -0.2) is 14.9 Å². The van der Waals surface area contributed by atoms with E-state index in [-0.39, 0.29) is 11.5 Å². The normalized spacial score (nSPS) is 18.2. The van der Waals surface area contributed by atoms with Gasteiger partial charge in [0.25, 0.3) is 0 Å². The number of benzene rings is 1. The lowest BCUT2D eigenvalue weighted by atomic mass is 9.88. The van der Waals surface area contributed by atoms with Crippen molar-refractivity contribution < 1.29 is 5.11 Å². The second-order valence-corrected chi connectivity index (χ2v) is 6.70. The Morgan fingerprint density at radius 2 is 1.90 bits per heavy atom. The fourth-order valence-corrected chi connectivity index (χ4v) is 3.39. The molecule has 3 rings (SSSR count). The van der Waals surface area contributed by atoms with Crippen LogP contribution in [0, 0.1) is 0 Å². The number of aromatic nitrogens is 2. The van der Waals surface area contributed by atoms with Crippen molar-refractivity contribution in [1.82, 2.24) is 9.78 Å². The van der Waals surface area contributed by atoms with E-state index < -0.39 is 6.10 Å². The molecule has 20 heavy (non-hydrogen) atoms. The fraction of sp³-hybridized carbons (Fsp3) is 0.438. The molecule has 0 spiro atoms. The second-order valence-electron chi connectivity index (χ2n) is 5.84. The first-order valence-corrected chi connectivity index (χ1v) is 7.82. The molecule has 0 aliphatic heterocycles. The Morgan fingerprint density at radius 3 is 2.45 bits per heavy atom. The molecule has 3 nitrogen and oxygen atoms in total. The third-order valence-electron chi connectivity index (χ3n) is 4.20. The highest BCUT2D eigenvalue weighted by molar-refractivity contribution is 9.10. The van der Waals surface area contributed by atoms with E-state index in [2.05, 4.69) is 47.0 Å². The van der Waals surface area contributed by atoms with Gasteiger partial charge in [-0.25, -0.2) is 0 Å². The molecule has 0 radical (unpaired) electrons. The van der Waals surface area contributed by atoms with Gasteiger partial charge in [0.2, 0.25) is 0 Å². The van der Waals surface area contributed by atoms with Crippen LogP contribution in [-0.2, 0) is 5.41 Å². The molecule has 1 heterocycles. The third-order valence-corrected chi connectivity index (χ3v) is 4.81. The minimum atomic E-state index is -0.524. The predicted molar refractivity (Wildman–Crippen MR) is 82.6 cm³/mol. The molecular weight excluding hydrogens is 316 g/mol. The van der Waals surface area contributed by atoms with E-state index in [1.807, 2.05) is 22.9 Å². The Labute approximate surface area is 127 Å². The van der Waals surface area contributed by atoms with E-state index in [0.29, 0.717) is 0 Å². The zero-order valence-electron chi connectivity index (χ0n) is 11.8. The lowest BCUT2D eigenvalue weighted by Crippen LogP contribution is -2.22. The first-order chi connectivity index (χ1) is 9.56. The third kappa shape index (κ3) is 2.11. The molecular formula is C16H19BrN2O. The van der Waals surface area contributed by atoms with Gasteiger partial charge in [0.1, 0.15) is 6.10 Å². The minimum Gasteiger partial charge on any atom is -0.386 e. The van der Waals surface area contributed by atoms with Crippen LogP contribution >= 0.6 is 15.9 Å². The molecule has 1 fully saturated rings. The Hall–Kier alpha value is -1.13. The van der Waals surface area contributed by atoms with Crippen LogP contribution in [0.5, 0.6) is 0 Å². The van der Waals surface area contributed by atoms with E-state index in [0.717, 1.165) is 23.0 Å². The van der Waals surface area contributed by atoms with Gasteiger partial charge in [-0.3, -0.25) is 4.68 Å². The molecule has 2 aromatic rings. The van der Waals surface area contributed by atoms with Crippen molar-refractivity contribution >= 4 is 15.9 Å². The predicted octanol–water partition coefficient (Wildman–Crippen LogP) is 3.99. The monoisotopic (exact) mass is 334 g/mol. The van der Waals surface area contributed by atoms with Crippen molar-refractivity contribution in [2.75, 3.05) is 0 Å². The molecule has 1 N–H and O–H groups in total. The van der Waals surface area contributed by atoms with Crippen LogP contribution in [0.2, 0.25) is 0 Å². The average molecular weight is 335 g/mol. The van der Waals surface area contributed by atoms with Gasteiger partial charge in [-0.1, -0.05) is 30.3 Å². The number of hydrogen-bond acceptors (Lipinski definition) is 2. The van der Waals surface area contributed by atoms with E-state index >= 15 is 0 Å². The molecule has 106 valence electrons. The minimum absolute atomic E-state index is 0.142. The summed E-state index contributed by atoms with van der Waals surface area (Å²) in [5.41, 5.74) is 1.97. The fourth-order valence-electron chi connectivity index (χ4n) is 2.90. The molecule has 1 unspecified atom stereocenters. The molecule has 1 saturated carbocycles. The summed E-state index contributed by atoms with van der Waals surface area (Å²) >= 11 is 3.54. The van der Waals surface area contributed by atoms with Crippen LogP contribution in [0.15, 0.2) is 41.0 Å². The molecule has 0 saturated heterocycles. The van der Waals surface area contributed by atoms with Gasteiger partial charge < -0.3 is 5.11 Å². The maximum atomic E-state index is 11.0. The van der Waals surface area contributed by atoms with Crippen LogP contribution < -0.4 is 0 Å². The number of aliphatic hydroxyl groups is 1. The summed E-state index contributed by atoms with van der Waals surface area (Å²) in [6, 6.07) is 10.5. The van der Waals surface area contributed by atoms with E-state index in [1.165, 1.54) is 5.56 Å². The van der Waals surface area contributed by atoms with Gasteiger partial charge in [0, 0.05) is 11.5 Å². The Morgan fingerprint density at radius 1 is 1.25 bits per heavy atom. The molecule has 0 bridgehead atoms. The second kappa shape index (κ2) is 5.01. The van der Waals surface area contributed by atoms with Gasteiger partial charge >= 0.3 is 0 Å². The van der Waals surface area contributed by atoms with Crippen LogP contribution in [0.25, 0.3) is 0 Å². The molecule has 1 aliphatic rings. The summed E-state index contributed by atoms with van der Waals surface area (Å²) in [5, 5.41) is 15.4. The number of hydrogen-bond donors (Lipinski definition) is 1. The van der Waals surface area contributed by atoms with Gasteiger partial charge in [-0.05, 0) is 48.2 Å². The highest BCUT2D eigenvalue weighted by atomic mass is 79.9. The molecule has 1 aliphatic carbocycles. The quantitative estimate of drug-likeness (QED) is 0.917. The van der Waals surface area contributed by atoms with Crippen molar-refractivity contribution in [2.45, 2.75) is 44.2 Å². The van der Waals surface area contributed by atoms with Crippen LogP contribution in [0.1, 0.15) is 50.1 Å². The average Bonchev–Trinajstić information content (AvgIpc) is 3.17. The number of aliphatic hydroxyl groups excluding tert-OH is 1. The van der Waals surface area contributed by atoms with Crippen molar-refractivity contribution in [3.63, 3.8) is 0 Å². The SMILES string of the molecule is CC(C)n1ncc(Br)c1C(O)C1(c2ccccc2)CC1. The largest absolute Gasteiger partial charge is 0.386 e. The van der Waals surface area contributed by atoms with Gasteiger partial charge in [-0.2, -0.15) is 5.10 Å². The number of rotatable bonds is 4. The first kappa shape index (κ1) is 13.8. The lowest BCUT2D eigenvalue weighted by Gasteiger charge is -2.25. The Bertz CT molecular complexity index is 602. The highest BCUT2D eigenvalue weighted by Crippen LogP contribution is 2.57. The zero-order valence-corrected chi connectivity index (χ0v) is 13.3. The first-order valence-electron chi connectivity index (χ1n) is 7.03. The molecule has 1 aromatic heterocycles. The summed E-state index contributed by atoms with van der Waals surface area (Å²) in [6.07, 6.45) is 3.30. The van der Waals surface area contributed by atoms with E-state index in [9.17, 15) is 5.11 Å². The summed E-state index contributed by atoms with van der Waals surface area (Å²) in [5.74, 6) is 0. The summed E-state index contributed by atoms with van der Waals surface area (Å²) in [6.45, 7) is 4.16. The van der Waals surface area contributed by atoms with Crippen molar-refractivity contribution in [3.05, 3.63) is 52.3 Å². The van der Waals surface area contributed by atoms with Crippen molar-refractivity contribution in [2.24, 2.45) is 0 Å². The zero-order chi connectivity index (χ0) is 14.3.